The Bertz CT molecular complexity index is 213. The average molecular weight is 266 g/mol. The van der Waals surface area contributed by atoms with Gasteiger partial charge in [-0.05, 0) is 38.6 Å². The van der Waals surface area contributed by atoms with Gasteiger partial charge in [-0.3, -0.25) is 0 Å². The van der Waals surface area contributed by atoms with Gasteiger partial charge in [-0.25, -0.2) is 0 Å². The maximum Gasteiger partial charge on any atom is 0.0835 e. The predicted octanol–water partition coefficient (Wildman–Crippen LogP) is 3.63. The number of rotatable bonds is 6. The van der Waals surface area contributed by atoms with Gasteiger partial charge < -0.3 is 10.1 Å². The summed E-state index contributed by atoms with van der Waals surface area (Å²) in [6, 6.07) is 0.679. The Morgan fingerprint density at radius 2 is 2.06 bits per heavy atom. The SMILES string of the molecule is CCCNC1CCC(OCC(Cl)=CCl)CC1. The first-order chi connectivity index (χ1) is 7.76. The molecule has 2 nitrogen and oxygen atoms in total. The summed E-state index contributed by atoms with van der Waals surface area (Å²) >= 11 is 11.2. The van der Waals surface area contributed by atoms with E-state index in [1.165, 1.54) is 24.8 Å². The first-order valence-electron chi connectivity index (χ1n) is 6.06. The molecule has 1 aliphatic rings. The predicted molar refractivity (Wildman–Crippen MR) is 70.1 cm³/mol. The van der Waals surface area contributed by atoms with Crippen molar-refractivity contribution in [2.24, 2.45) is 0 Å². The number of nitrogens with one attached hydrogen (secondary N) is 1. The van der Waals surface area contributed by atoms with E-state index in [1.807, 2.05) is 0 Å². The van der Waals surface area contributed by atoms with E-state index in [1.54, 1.807) is 0 Å². The van der Waals surface area contributed by atoms with Gasteiger partial charge >= 0.3 is 0 Å². The van der Waals surface area contributed by atoms with E-state index in [0.717, 1.165) is 19.4 Å². The van der Waals surface area contributed by atoms with E-state index in [2.05, 4.69) is 12.2 Å². The molecule has 0 amide bonds. The van der Waals surface area contributed by atoms with E-state index < -0.39 is 0 Å². The molecular formula is C12H21Cl2NO. The summed E-state index contributed by atoms with van der Waals surface area (Å²) in [7, 11) is 0. The minimum atomic E-state index is 0.352. The molecule has 1 N–H and O–H groups in total. The molecule has 0 heterocycles. The Labute approximate surface area is 108 Å². The number of hydrogen-bond acceptors (Lipinski definition) is 2. The Hall–Kier alpha value is 0.240. The highest BCUT2D eigenvalue weighted by Crippen LogP contribution is 2.22. The second-order valence-corrected chi connectivity index (χ2v) is 5.00. The molecule has 0 bridgehead atoms. The van der Waals surface area contributed by atoms with Gasteiger partial charge in [0.1, 0.15) is 0 Å². The van der Waals surface area contributed by atoms with Crippen LogP contribution in [0, 0.1) is 0 Å². The molecule has 0 unspecified atom stereocenters. The van der Waals surface area contributed by atoms with Crippen LogP contribution in [-0.2, 0) is 4.74 Å². The van der Waals surface area contributed by atoms with E-state index in [9.17, 15) is 0 Å². The largest absolute Gasteiger partial charge is 0.373 e. The van der Waals surface area contributed by atoms with Gasteiger partial charge in [-0.1, -0.05) is 30.1 Å². The van der Waals surface area contributed by atoms with Crippen molar-refractivity contribution in [3.05, 3.63) is 10.6 Å². The van der Waals surface area contributed by atoms with Crippen LogP contribution in [0.1, 0.15) is 39.0 Å². The highest BCUT2D eigenvalue weighted by atomic mass is 35.5. The highest BCUT2D eigenvalue weighted by Gasteiger charge is 2.20. The lowest BCUT2D eigenvalue weighted by molar-refractivity contribution is 0.0383. The third-order valence-electron chi connectivity index (χ3n) is 2.93. The van der Waals surface area contributed by atoms with Crippen molar-refractivity contribution in [2.75, 3.05) is 13.2 Å². The normalized spacial score (nSPS) is 27.1. The molecule has 0 aromatic rings. The van der Waals surface area contributed by atoms with E-state index in [-0.39, 0.29) is 0 Å². The van der Waals surface area contributed by atoms with Crippen LogP contribution in [0.4, 0.5) is 0 Å². The zero-order valence-electron chi connectivity index (χ0n) is 9.85. The number of halogens is 2. The van der Waals surface area contributed by atoms with Crippen LogP contribution in [0.15, 0.2) is 10.6 Å². The van der Waals surface area contributed by atoms with Crippen molar-refractivity contribution < 1.29 is 4.74 Å². The molecule has 0 saturated heterocycles. The molecule has 0 aliphatic heterocycles. The highest BCUT2D eigenvalue weighted by molar-refractivity contribution is 6.36. The molecule has 16 heavy (non-hydrogen) atoms. The van der Waals surface area contributed by atoms with Crippen LogP contribution < -0.4 is 5.32 Å². The van der Waals surface area contributed by atoms with Crippen LogP contribution in [0.3, 0.4) is 0 Å². The summed E-state index contributed by atoms with van der Waals surface area (Å²) in [6.45, 7) is 3.77. The molecule has 1 saturated carbocycles. The van der Waals surface area contributed by atoms with Crippen molar-refractivity contribution >= 4 is 23.2 Å². The monoisotopic (exact) mass is 265 g/mol. The van der Waals surface area contributed by atoms with Gasteiger partial charge in [0.2, 0.25) is 0 Å². The molecule has 1 fully saturated rings. The van der Waals surface area contributed by atoms with E-state index in [0.29, 0.717) is 23.8 Å². The maximum atomic E-state index is 5.77. The van der Waals surface area contributed by atoms with Crippen molar-refractivity contribution in [3.8, 4) is 0 Å². The van der Waals surface area contributed by atoms with Gasteiger partial charge in [-0.15, -0.1) is 0 Å². The third kappa shape index (κ3) is 5.53. The zero-order valence-corrected chi connectivity index (χ0v) is 11.4. The topological polar surface area (TPSA) is 21.3 Å². The zero-order chi connectivity index (χ0) is 11.8. The summed E-state index contributed by atoms with van der Waals surface area (Å²) in [4.78, 5) is 0. The maximum absolute atomic E-state index is 5.77. The van der Waals surface area contributed by atoms with Crippen molar-refractivity contribution in [2.45, 2.75) is 51.2 Å². The van der Waals surface area contributed by atoms with Crippen molar-refractivity contribution in [1.82, 2.24) is 5.32 Å². The van der Waals surface area contributed by atoms with Crippen LogP contribution in [-0.4, -0.2) is 25.3 Å². The number of ether oxygens (including phenoxy) is 1. The molecular weight excluding hydrogens is 245 g/mol. The lowest BCUT2D eigenvalue weighted by Gasteiger charge is -2.29. The summed E-state index contributed by atoms with van der Waals surface area (Å²) in [6.07, 6.45) is 6.19. The molecule has 1 rings (SSSR count). The summed E-state index contributed by atoms with van der Waals surface area (Å²) in [5, 5.41) is 4.13. The number of hydrogen-bond donors (Lipinski definition) is 1. The van der Waals surface area contributed by atoms with Gasteiger partial charge in [0.25, 0.3) is 0 Å². The Balaban J connectivity index is 2.12. The minimum Gasteiger partial charge on any atom is -0.373 e. The van der Waals surface area contributed by atoms with Gasteiger partial charge in [0.15, 0.2) is 0 Å². The van der Waals surface area contributed by atoms with Crippen LogP contribution in [0.5, 0.6) is 0 Å². The lowest BCUT2D eigenvalue weighted by Crippen LogP contribution is -2.35. The van der Waals surface area contributed by atoms with Crippen LogP contribution in [0.25, 0.3) is 0 Å². The minimum absolute atomic E-state index is 0.352. The Morgan fingerprint density at radius 1 is 1.38 bits per heavy atom. The molecule has 1 aliphatic carbocycles. The Morgan fingerprint density at radius 3 is 2.62 bits per heavy atom. The smallest absolute Gasteiger partial charge is 0.0835 e. The standard InChI is InChI=1S/C12H21Cl2NO/c1-2-7-15-11-3-5-12(6-4-11)16-9-10(14)8-13/h8,11-12,15H,2-7,9H2,1H3. The molecule has 4 heteroatoms. The fourth-order valence-corrected chi connectivity index (χ4v) is 2.14. The second kappa shape index (κ2) is 8.35. The van der Waals surface area contributed by atoms with E-state index >= 15 is 0 Å². The molecule has 0 aromatic heterocycles. The average Bonchev–Trinajstić information content (AvgIpc) is 2.34. The molecule has 0 radical (unpaired) electrons. The summed E-state index contributed by atoms with van der Waals surface area (Å²) < 4.78 is 5.68. The lowest BCUT2D eigenvalue weighted by atomic mass is 9.93. The van der Waals surface area contributed by atoms with Crippen LogP contribution in [0.2, 0.25) is 0 Å². The third-order valence-corrected chi connectivity index (χ3v) is 3.53. The first kappa shape index (κ1) is 14.3. The van der Waals surface area contributed by atoms with Crippen molar-refractivity contribution in [3.63, 3.8) is 0 Å². The molecule has 94 valence electrons. The quantitative estimate of drug-likeness (QED) is 0.792. The van der Waals surface area contributed by atoms with Gasteiger partial charge in [-0.2, -0.15) is 0 Å². The van der Waals surface area contributed by atoms with Crippen LogP contribution >= 0.6 is 23.2 Å². The second-order valence-electron chi connectivity index (χ2n) is 4.29. The fourth-order valence-electron chi connectivity index (χ4n) is 2.01. The Kier molecular flexibility index (Phi) is 7.46. The molecule has 0 atom stereocenters. The van der Waals surface area contributed by atoms with E-state index in [4.69, 9.17) is 27.9 Å². The molecule has 0 spiro atoms. The van der Waals surface area contributed by atoms with Crippen molar-refractivity contribution in [1.29, 1.82) is 0 Å². The van der Waals surface area contributed by atoms with Gasteiger partial charge in [0, 0.05) is 11.6 Å². The van der Waals surface area contributed by atoms with Gasteiger partial charge in [0.05, 0.1) is 17.7 Å². The molecule has 0 aromatic carbocycles. The summed E-state index contributed by atoms with van der Waals surface area (Å²) in [5.41, 5.74) is 1.37. The summed E-state index contributed by atoms with van der Waals surface area (Å²) in [5.74, 6) is 0. The fraction of sp³-hybridized carbons (Fsp3) is 0.833. The first-order valence-corrected chi connectivity index (χ1v) is 6.87.